The monoisotopic (exact) mass is 191 g/mol. The molecule has 0 atom stereocenters. The number of hydrogen-bond acceptors (Lipinski definition) is 1. The first-order valence-corrected chi connectivity index (χ1v) is 3.92. The third-order valence-corrected chi connectivity index (χ3v) is 1.75. The van der Waals surface area contributed by atoms with Crippen LogP contribution in [0.15, 0.2) is 12.1 Å². The highest BCUT2D eigenvalue weighted by Crippen LogP contribution is 2.24. The van der Waals surface area contributed by atoms with E-state index in [0.717, 1.165) is 6.07 Å². The van der Waals surface area contributed by atoms with Gasteiger partial charge in [0.05, 0.1) is 5.69 Å². The van der Waals surface area contributed by atoms with Crippen LogP contribution in [-0.4, -0.2) is 6.54 Å². The van der Waals surface area contributed by atoms with Gasteiger partial charge in [-0.3, -0.25) is 0 Å². The molecular formula is C8H8ClF2N. The first kappa shape index (κ1) is 9.26. The normalized spacial score (nSPS) is 10.0. The summed E-state index contributed by atoms with van der Waals surface area (Å²) >= 11 is 5.33. The first-order chi connectivity index (χ1) is 5.66. The minimum atomic E-state index is -0.740. The van der Waals surface area contributed by atoms with Crippen molar-refractivity contribution in [2.75, 3.05) is 11.9 Å². The quantitative estimate of drug-likeness (QED) is 0.709. The van der Waals surface area contributed by atoms with Gasteiger partial charge in [0.1, 0.15) is 10.8 Å². The molecule has 0 saturated carbocycles. The van der Waals surface area contributed by atoms with Gasteiger partial charge in [-0.05, 0) is 19.1 Å². The van der Waals surface area contributed by atoms with Crippen LogP contribution in [-0.2, 0) is 0 Å². The molecule has 0 spiro atoms. The highest BCUT2D eigenvalue weighted by atomic mass is 35.5. The van der Waals surface area contributed by atoms with Crippen LogP contribution in [0.4, 0.5) is 14.5 Å². The Labute approximate surface area is 74.3 Å². The molecule has 0 bridgehead atoms. The summed E-state index contributed by atoms with van der Waals surface area (Å²) in [5, 5.41) is 2.25. The van der Waals surface area contributed by atoms with Crippen LogP contribution in [0.1, 0.15) is 6.92 Å². The number of anilines is 1. The zero-order valence-electron chi connectivity index (χ0n) is 6.50. The van der Waals surface area contributed by atoms with Gasteiger partial charge < -0.3 is 5.32 Å². The molecule has 0 saturated heterocycles. The van der Waals surface area contributed by atoms with Gasteiger partial charge in [-0.25, -0.2) is 8.78 Å². The number of nitrogens with one attached hydrogen (secondary N) is 1. The molecule has 0 amide bonds. The SMILES string of the molecule is CCNc1ccc(F)c(Cl)c1F. The summed E-state index contributed by atoms with van der Waals surface area (Å²) in [6, 6.07) is 2.45. The van der Waals surface area contributed by atoms with Crippen LogP contribution >= 0.6 is 11.6 Å². The third kappa shape index (κ3) is 1.67. The van der Waals surface area contributed by atoms with Gasteiger partial charge >= 0.3 is 0 Å². The highest BCUT2D eigenvalue weighted by Gasteiger charge is 2.09. The van der Waals surface area contributed by atoms with Gasteiger partial charge in [0, 0.05) is 6.54 Å². The predicted octanol–water partition coefficient (Wildman–Crippen LogP) is 3.05. The molecule has 0 radical (unpaired) electrons. The third-order valence-electron chi connectivity index (χ3n) is 1.40. The van der Waals surface area contributed by atoms with Crippen molar-refractivity contribution < 1.29 is 8.78 Å². The van der Waals surface area contributed by atoms with Gasteiger partial charge in [0.25, 0.3) is 0 Å². The minimum Gasteiger partial charge on any atom is -0.383 e. The Bertz CT molecular complexity index is 289. The van der Waals surface area contributed by atoms with E-state index >= 15 is 0 Å². The van der Waals surface area contributed by atoms with Gasteiger partial charge in [-0.2, -0.15) is 0 Å². The van der Waals surface area contributed by atoms with Crippen molar-refractivity contribution in [2.24, 2.45) is 0 Å². The van der Waals surface area contributed by atoms with Crippen molar-refractivity contribution in [1.29, 1.82) is 0 Å². The lowest BCUT2D eigenvalue weighted by Crippen LogP contribution is -2.00. The fourth-order valence-electron chi connectivity index (χ4n) is 0.853. The van der Waals surface area contributed by atoms with E-state index in [0.29, 0.717) is 6.54 Å². The second-order valence-electron chi connectivity index (χ2n) is 2.25. The fourth-order valence-corrected chi connectivity index (χ4v) is 1.02. The summed E-state index contributed by atoms with van der Waals surface area (Å²) in [4.78, 5) is 0. The van der Waals surface area contributed by atoms with E-state index in [-0.39, 0.29) is 5.69 Å². The lowest BCUT2D eigenvalue weighted by atomic mass is 10.3. The summed E-state index contributed by atoms with van der Waals surface area (Å²) < 4.78 is 25.6. The second-order valence-corrected chi connectivity index (χ2v) is 2.63. The molecule has 0 aliphatic rings. The van der Waals surface area contributed by atoms with E-state index < -0.39 is 16.7 Å². The molecule has 0 aliphatic heterocycles. The molecule has 1 N–H and O–H groups in total. The molecule has 1 rings (SSSR count). The van der Waals surface area contributed by atoms with E-state index in [4.69, 9.17) is 11.6 Å². The average molecular weight is 192 g/mol. The average Bonchev–Trinajstić information content (AvgIpc) is 2.07. The molecule has 0 aromatic heterocycles. The van der Waals surface area contributed by atoms with E-state index in [9.17, 15) is 8.78 Å². The van der Waals surface area contributed by atoms with Gasteiger partial charge in [0.15, 0.2) is 5.82 Å². The van der Waals surface area contributed by atoms with Crippen molar-refractivity contribution in [3.8, 4) is 0 Å². The lowest BCUT2D eigenvalue weighted by Gasteiger charge is -2.05. The maximum Gasteiger partial charge on any atom is 0.167 e. The zero-order chi connectivity index (χ0) is 9.14. The maximum atomic E-state index is 13.0. The smallest absolute Gasteiger partial charge is 0.167 e. The number of benzene rings is 1. The van der Waals surface area contributed by atoms with Crippen LogP contribution in [0, 0.1) is 11.6 Å². The van der Waals surface area contributed by atoms with Crippen LogP contribution in [0.3, 0.4) is 0 Å². The Balaban J connectivity index is 3.08. The predicted molar refractivity (Wildman–Crippen MR) is 45.5 cm³/mol. The molecule has 0 heterocycles. The van der Waals surface area contributed by atoms with E-state index in [1.54, 1.807) is 0 Å². The van der Waals surface area contributed by atoms with Crippen LogP contribution in [0.25, 0.3) is 0 Å². The lowest BCUT2D eigenvalue weighted by molar-refractivity contribution is 0.586. The molecule has 12 heavy (non-hydrogen) atoms. The Morgan fingerprint density at radius 1 is 1.42 bits per heavy atom. The summed E-state index contributed by atoms with van der Waals surface area (Å²) in [6.45, 7) is 2.38. The molecule has 1 nitrogen and oxygen atoms in total. The van der Waals surface area contributed by atoms with Crippen molar-refractivity contribution in [3.63, 3.8) is 0 Å². The van der Waals surface area contributed by atoms with Crippen molar-refractivity contribution in [2.45, 2.75) is 6.92 Å². The Morgan fingerprint density at radius 2 is 2.08 bits per heavy atom. The summed E-state index contributed by atoms with van der Waals surface area (Å²) in [7, 11) is 0. The summed E-state index contributed by atoms with van der Waals surface area (Å²) in [6.07, 6.45) is 0. The van der Waals surface area contributed by atoms with Crippen LogP contribution < -0.4 is 5.32 Å². The standard InChI is InChI=1S/C8H8ClF2N/c1-2-12-6-4-3-5(10)7(9)8(6)11/h3-4,12H,2H2,1H3. The Hall–Kier alpha value is -0.830. The van der Waals surface area contributed by atoms with Crippen molar-refractivity contribution in [1.82, 2.24) is 0 Å². The highest BCUT2D eigenvalue weighted by molar-refractivity contribution is 6.31. The van der Waals surface area contributed by atoms with Crippen LogP contribution in [0.2, 0.25) is 5.02 Å². The van der Waals surface area contributed by atoms with Gasteiger partial charge in [0.2, 0.25) is 0 Å². The van der Waals surface area contributed by atoms with Gasteiger partial charge in [-0.15, -0.1) is 0 Å². The Morgan fingerprint density at radius 3 is 2.67 bits per heavy atom. The van der Waals surface area contributed by atoms with E-state index in [1.807, 2.05) is 6.92 Å². The van der Waals surface area contributed by atoms with Crippen molar-refractivity contribution >= 4 is 17.3 Å². The molecule has 1 aromatic carbocycles. The molecule has 0 unspecified atom stereocenters. The van der Waals surface area contributed by atoms with E-state index in [2.05, 4.69) is 5.32 Å². The molecule has 1 aromatic rings. The number of halogens is 3. The molecule has 66 valence electrons. The molecule has 0 fully saturated rings. The number of rotatable bonds is 2. The molecule has 4 heteroatoms. The van der Waals surface area contributed by atoms with Crippen LogP contribution in [0.5, 0.6) is 0 Å². The number of hydrogen-bond donors (Lipinski definition) is 1. The van der Waals surface area contributed by atoms with E-state index in [1.165, 1.54) is 6.07 Å². The van der Waals surface area contributed by atoms with Crippen molar-refractivity contribution in [3.05, 3.63) is 28.8 Å². The largest absolute Gasteiger partial charge is 0.383 e. The molecule has 0 aliphatic carbocycles. The second kappa shape index (κ2) is 3.72. The Kier molecular flexibility index (Phi) is 2.87. The zero-order valence-corrected chi connectivity index (χ0v) is 7.25. The molecular weight excluding hydrogens is 184 g/mol. The van der Waals surface area contributed by atoms with Gasteiger partial charge in [-0.1, -0.05) is 11.6 Å². The first-order valence-electron chi connectivity index (χ1n) is 3.54. The topological polar surface area (TPSA) is 12.0 Å². The maximum absolute atomic E-state index is 13.0. The summed E-state index contributed by atoms with van der Waals surface area (Å²) in [5.74, 6) is -1.48. The summed E-state index contributed by atoms with van der Waals surface area (Å²) in [5.41, 5.74) is 0.226. The fraction of sp³-hybridized carbons (Fsp3) is 0.250. The minimum absolute atomic E-state index is 0.226.